The van der Waals surface area contributed by atoms with Crippen molar-refractivity contribution >= 4 is 17.8 Å². The number of carbonyl (C=O) groups excluding carboxylic acids is 3. The number of carbonyl (C=O) groups is 3. The van der Waals surface area contributed by atoms with Gasteiger partial charge < -0.3 is 14.6 Å². The largest absolute Gasteiger partial charge is 0.439 e. The molecule has 2 saturated heterocycles. The molecule has 2 atom stereocenters. The predicted molar refractivity (Wildman–Crippen MR) is 116 cm³/mol. The van der Waals surface area contributed by atoms with E-state index in [1.807, 2.05) is 56.0 Å². The van der Waals surface area contributed by atoms with Crippen LogP contribution in [0.2, 0.25) is 0 Å². The molecule has 2 aromatic rings. The molecule has 7 nitrogen and oxygen atoms in total. The normalized spacial score (nSPS) is 22.0. The number of benzene rings is 1. The molecule has 2 fully saturated rings. The summed E-state index contributed by atoms with van der Waals surface area (Å²) in [5, 5.41) is 0. The third-order valence-electron chi connectivity index (χ3n) is 6.59. The fourth-order valence-corrected chi connectivity index (χ4v) is 5.05. The van der Waals surface area contributed by atoms with E-state index in [1.165, 1.54) is 6.92 Å². The van der Waals surface area contributed by atoms with Gasteiger partial charge in [0.25, 0.3) is 5.91 Å². The maximum Gasteiger partial charge on any atom is 0.411 e. The quantitative estimate of drug-likeness (QED) is 0.753. The third-order valence-corrected chi connectivity index (χ3v) is 6.59. The maximum atomic E-state index is 13.1. The number of H-pyrrole nitrogens is 1. The Balaban J connectivity index is 1.43. The van der Waals surface area contributed by atoms with Crippen LogP contribution in [0.15, 0.2) is 30.3 Å². The predicted octanol–water partition coefficient (Wildman–Crippen LogP) is 4.02. The number of amides is 2. The van der Waals surface area contributed by atoms with Crippen LogP contribution in [-0.2, 0) is 4.74 Å². The van der Waals surface area contributed by atoms with E-state index in [1.54, 1.807) is 4.90 Å². The lowest BCUT2D eigenvalue weighted by atomic mass is 9.98. The molecule has 31 heavy (non-hydrogen) atoms. The van der Waals surface area contributed by atoms with Gasteiger partial charge in [0.05, 0.1) is 6.04 Å². The Bertz CT molecular complexity index is 1010. The van der Waals surface area contributed by atoms with Crippen LogP contribution < -0.4 is 0 Å². The second kappa shape index (κ2) is 8.21. The van der Waals surface area contributed by atoms with Gasteiger partial charge in [0.2, 0.25) is 0 Å². The first-order valence-electron chi connectivity index (χ1n) is 10.8. The summed E-state index contributed by atoms with van der Waals surface area (Å²) in [6.07, 6.45) is 0.840. The van der Waals surface area contributed by atoms with Crippen molar-refractivity contribution in [2.75, 3.05) is 13.1 Å². The summed E-state index contributed by atoms with van der Waals surface area (Å²) in [7, 11) is 0. The number of cyclic esters (lactones) is 1. The van der Waals surface area contributed by atoms with E-state index in [2.05, 4.69) is 4.98 Å². The zero-order valence-electron chi connectivity index (χ0n) is 18.5. The van der Waals surface area contributed by atoms with Crippen molar-refractivity contribution in [2.45, 2.75) is 58.7 Å². The van der Waals surface area contributed by atoms with Crippen LogP contribution in [0.1, 0.15) is 70.5 Å². The molecule has 0 spiro atoms. The number of nitrogens with zero attached hydrogens (tertiary/aromatic N) is 2. The summed E-state index contributed by atoms with van der Waals surface area (Å²) >= 11 is 0. The number of aryl methyl sites for hydroxylation is 1. The van der Waals surface area contributed by atoms with E-state index in [9.17, 15) is 14.4 Å². The highest BCUT2D eigenvalue weighted by molar-refractivity contribution is 6.02. The van der Waals surface area contributed by atoms with Gasteiger partial charge in [-0.1, -0.05) is 30.3 Å². The second-order valence-corrected chi connectivity index (χ2v) is 8.57. The minimum absolute atomic E-state index is 0.0412. The number of rotatable bonds is 4. The van der Waals surface area contributed by atoms with Crippen LogP contribution in [0.4, 0.5) is 4.79 Å². The van der Waals surface area contributed by atoms with Gasteiger partial charge in [0.1, 0.15) is 11.8 Å². The van der Waals surface area contributed by atoms with Crippen molar-refractivity contribution in [1.29, 1.82) is 0 Å². The summed E-state index contributed by atoms with van der Waals surface area (Å²) in [6.45, 7) is 8.28. The van der Waals surface area contributed by atoms with Crippen molar-refractivity contribution in [1.82, 2.24) is 14.8 Å². The van der Waals surface area contributed by atoms with E-state index >= 15 is 0 Å². The van der Waals surface area contributed by atoms with Gasteiger partial charge in [-0.2, -0.15) is 0 Å². The minimum Gasteiger partial charge on any atom is -0.439 e. The Kier molecular flexibility index (Phi) is 5.60. The van der Waals surface area contributed by atoms with Crippen LogP contribution in [0, 0.1) is 13.8 Å². The lowest BCUT2D eigenvalue weighted by Crippen LogP contribution is -2.49. The lowest BCUT2D eigenvalue weighted by Gasteiger charge is -2.37. The average molecular weight is 424 g/mol. The van der Waals surface area contributed by atoms with Gasteiger partial charge in [0, 0.05) is 30.4 Å². The fraction of sp³-hybridized carbons (Fsp3) is 0.458. The number of ketones is 1. The van der Waals surface area contributed by atoms with E-state index in [0.717, 1.165) is 11.3 Å². The van der Waals surface area contributed by atoms with E-state index < -0.39 is 0 Å². The lowest BCUT2D eigenvalue weighted by molar-refractivity contribution is 0.0634. The average Bonchev–Trinajstić information content (AvgIpc) is 3.22. The van der Waals surface area contributed by atoms with Gasteiger partial charge in [0.15, 0.2) is 5.78 Å². The topological polar surface area (TPSA) is 82.7 Å². The van der Waals surface area contributed by atoms with Crippen LogP contribution in [0.3, 0.4) is 0 Å². The monoisotopic (exact) mass is 423 g/mol. The highest BCUT2D eigenvalue weighted by Crippen LogP contribution is 2.36. The molecule has 0 aliphatic carbocycles. The molecule has 164 valence electrons. The number of aromatic amines is 1. The van der Waals surface area contributed by atoms with E-state index in [-0.39, 0.29) is 36.0 Å². The maximum absolute atomic E-state index is 13.1. The first-order chi connectivity index (χ1) is 14.8. The van der Waals surface area contributed by atoms with Crippen LogP contribution in [0.5, 0.6) is 0 Å². The van der Waals surface area contributed by atoms with Gasteiger partial charge in [-0.25, -0.2) is 4.79 Å². The molecule has 0 saturated carbocycles. The van der Waals surface area contributed by atoms with Gasteiger partial charge in [-0.3, -0.25) is 14.5 Å². The van der Waals surface area contributed by atoms with Gasteiger partial charge in [-0.15, -0.1) is 0 Å². The van der Waals surface area contributed by atoms with Crippen molar-refractivity contribution in [3.8, 4) is 0 Å². The summed E-state index contributed by atoms with van der Waals surface area (Å²) in [4.78, 5) is 44.4. The molecular formula is C24H29N3O4. The molecule has 1 aromatic carbocycles. The minimum atomic E-state index is -0.284. The highest BCUT2D eigenvalue weighted by Gasteiger charge is 2.44. The molecule has 2 aliphatic heterocycles. The number of piperidine rings is 1. The Morgan fingerprint density at radius 3 is 2.32 bits per heavy atom. The highest BCUT2D eigenvalue weighted by atomic mass is 16.6. The zero-order valence-corrected chi connectivity index (χ0v) is 18.5. The van der Waals surface area contributed by atoms with Crippen LogP contribution >= 0.6 is 0 Å². The molecule has 1 aromatic heterocycles. The SMILES string of the molecule is CC(=O)c1c(C)[nH]c(C(=O)N2CCC(N3C(=O)OC(c4ccccc4)C3C)CC2)c1C. The van der Waals surface area contributed by atoms with Crippen molar-refractivity contribution < 1.29 is 19.1 Å². The Labute approximate surface area is 182 Å². The first-order valence-corrected chi connectivity index (χ1v) is 10.8. The molecule has 1 N–H and O–H groups in total. The van der Waals surface area contributed by atoms with Gasteiger partial charge >= 0.3 is 6.09 Å². The summed E-state index contributed by atoms with van der Waals surface area (Å²) in [6, 6.07) is 9.79. The number of aromatic nitrogens is 1. The molecule has 2 aliphatic rings. The molecule has 2 amide bonds. The molecule has 7 heteroatoms. The fourth-order valence-electron chi connectivity index (χ4n) is 5.05. The molecule has 2 unspecified atom stereocenters. The van der Waals surface area contributed by atoms with E-state index in [0.29, 0.717) is 42.8 Å². The molecule has 4 rings (SSSR count). The molecule has 3 heterocycles. The Morgan fingerprint density at radius 1 is 1.10 bits per heavy atom. The Hall–Kier alpha value is -3.09. The van der Waals surface area contributed by atoms with Crippen molar-refractivity contribution in [2.24, 2.45) is 0 Å². The first kappa shape index (κ1) is 21.2. The number of ether oxygens (including phenoxy) is 1. The Morgan fingerprint density at radius 2 is 1.74 bits per heavy atom. The zero-order chi connectivity index (χ0) is 22.3. The van der Waals surface area contributed by atoms with Crippen LogP contribution in [-0.4, -0.2) is 57.7 Å². The van der Waals surface area contributed by atoms with E-state index in [4.69, 9.17) is 4.74 Å². The summed E-state index contributed by atoms with van der Waals surface area (Å²) in [5.41, 5.74) is 3.51. The summed E-state index contributed by atoms with van der Waals surface area (Å²) < 4.78 is 5.69. The number of hydrogen-bond donors (Lipinski definition) is 1. The van der Waals surface area contributed by atoms with Crippen LogP contribution in [0.25, 0.3) is 0 Å². The number of hydrogen-bond acceptors (Lipinski definition) is 4. The number of nitrogens with one attached hydrogen (secondary N) is 1. The summed E-state index contributed by atoms with van der Waals surface area (Å²) in [5.74, 6) is -0.135. The van der Waals surface area contributed by atoms with Gasteiger partial charge in [-0.05, 0) is 51.7 Å². The number of likely N-dealkylation sites (tertiary alicyclic amines) is 1. The molecule has 0 bridgehead atoms. The third kappa shape index (κ3) is 3.73. The van der Waals surface area contributed by atoms with Crippen molar-refractivity contribution in [3.63, 3.8) is 0 Å². The second-order valence-electron chi connectivity index (χ2n) is 8.57. The molecule has 0 radical (unpaired) electrons. The molecular weight excluding hydrogens is 394 g/mol. The standard InChI is InChI=1S/C24H29N3O4/c1-14-20(17(4)28)15(2)25-21(14)23(29)26-12-10-19(11-13-26)27-16(3)22(31-24(27)30)18-8-6-5-7-9-18/h5-9,16,19,22,25H,10-13H2,1-4H3. The number of Topliss-reactive ketones (excluding diaryl/α,β-unsaturated/α-hetero) is 1. The smallest absolute Gasteiger partial charge is 0.411 e. The van der Waals surface area contributed by atoms with Crippen molar-refractivity contribution in [3.05, 3.63) is 58.4 Å².